The van der Waals surface area contributed by atoms with Crippen LogP contribution in [0, 0.1) is 6.92 Å². The third-order valence-electron chi connectivity index (χ3n) is 8.76. The van der Waals surface area contributed by atoms with Gasteiger partial charge in [-0.05, 0) is 133 Å². The van der Waals surface area contributed by atoms with Crippen LogP contribution in [-0.4, -0.2) is 53.3 Å². The van der Waals surface area contributed by atoms with Crippen molar-refractivity contribution in [2.75, 3.05) is 50.7 Å². The lowest BCUT2D eigenvalue weighted by Gasteiger charge is -2.31. The maximum atomic E-state index is 14.3. The van der Waals surface area contributed by atoms with Crippen molar-refractivity contribution >= 4 is 59.0 Å². The molecule has 10 nitrogen and oxygen atoms in total. The second-order valence-corrected chi connectivity index (χ2v) is 15.0. The minimum atomic E-state index is -0.677. The lowest BCUT2D eigenvalue weighted by Crippen LogP contribution is -2.37. The highest BCUT2D eigenvalue weighted by molar-refractivity contribution is 8.00. The molecule has 0 saturated carbocycles. The second-order valence-electron chi connectivity index (χ2n) is 12.2. The number of ether oxygens (including phenoxy) is 4. The maximum absolute atomic E-state index is 14.3. The van der Waals surface area contributed by atoms with Gasteiger partial charge in [-0.1, -0.05) is 36.4 Å². The molecule has 1 aliphatic heterocycles. The van der Waals surface area contributed by atoms with Crippen molar-refractivity contribution in [1.29, 1.82) is 0 Å². The third kappa shape index (κ3) is 9.15. The van der Waals surface area contributed by atoms with E-state index in [0.717, 1.165) is 48.5 Å². The van der Waals surface area contributed by atoms with Gasteiger partial charge in [-0.2, -0.15) is 0 Å². The van der Waals surface area contributed by atoms with Crippen molar-refractivity contribution in [3.8, 4) is 23.0 Å². The third-order valence-corrected chi connectivity index (χ3v) is 11.5. The summed E-state index contributed by atoms with van der Waals surface area (Å²) in [4.78, 5) is 32.6. The normalized spacial score (nSPS) is 12.4. The van der Waals surface area contributed by atoms with Gasteiger partial charge in [-0.15, -0.1) is 0 Å². The molecule has 0 bridgehead atoms. The van der Waals surface area contributed by atoms with E-state index in [1.54, 1.807) is 28.4 Å². The molecule has 6 rings (SSSR count). The Balaban J connectivity index is 1.31. The first-order valence-corrected chi connectivity index (χ1v) is 19.5. The molecule has 280 valence electrons. The molecule has 0 saturated heterocycles. The van der Waals surface area contributed by atoms with E-state index in [0.29, 0.717) is 30.2 Å². The number of fused-ring (bicyclic) bond motifs is 1. The van der Waals surface area contributed by atoms with Crippen LogP contribution in [-0.2, 0) is 16.0 Å². The summed E-state index contributed by atoms with van der Waals surface area (Å²) in [6, 6.07) is 34.1. The van der Waals surface area contributed by atoms with Crippen LogP contribution in [0.5, 0.6) is 23.0 Å². The zero-order valence-corrected chi connectivity index (χ0v) is 33.1. The van der Waals surface area contributed by atoms with Crippen molar-refractivity contribution in [1.82, 2.24) is 9.44 Å². The number of carbonyl (C=O) groups excluding carboxylic acids is 2. The summed E-state index contributed by atoms with van der Waals surface area (Å²) in [6.45, 7) is 2.64. The van der Waals surface area contributed by atoms with Gasteiger partial charge in [-0.25, -0.2) is 0 Å². The van der Waals surface area contributed by atoms with Gasteiger partial charge >= 0.3 is 0 Å². The SMILES string of the molecule is COc1ccc(SN(CC(=O)NSc2ccccc2OC)c2cccc3c2CCN3C(C(=O)NSc2ccc(C)cc2OC)c2cccc(OC)c2)cc1. The smallest absolute Gasteiger partial charge is 0.257 e. The quantitative estimate of drug-likeness (QED) is 0.0946. The molecule has 0 radical (unpaired) electrons. The Bertz CT molecular complexity index is 2080. The van der Waals surface area contributed by atoms with E-state index in [2.05, 4.69) is 14.3 Å². The fourth-order valence-corrected chi connectivity index (χ4v) is 8.51. The van der Waals surface area contributed by atoms with E-state index in [1.165, 1.54) is 35.8 Å². The van der Waals surface area contributed by atoms with Crippen LogP contribution in [0.4, 0.5) is 11.4 Å². The van der Waals surface area contributed by atoms with E-state index in [1.807, 2.05) is 120 Å². The van der Waals surface area contributed by atoms with Crippen LogP contribution >= 0.6 is 35.8 Å². The zero-order chi connectivity index (χ0) is 38.0. The number of rotatable bonds is 16. The summed E-state index contributed by atoms with van der Waals surface area (Å²) >= 11 is 3.91. The van der Waals surface area contributed by atoms with E-state index in [9.17, 15) is 9.59 Å². The topological polar surface area (TPSA) is 102 Å². The van der Waals surface area contributed by atoms with Crippen molar-refractivity contribution in [2.24, 2.45) is 0 Å². The molecule has 54 heavy (non-hydrogen) atoms. The Morgan fingerprint density at radius 1 is 0.741 bits per heavy atom. The Hall–Kier alpha value is -5.11. The predicted molar refractivity (Wildman–Crippen MR) is 218 cm³/mol. The first-order valence-electron chi connectivity index (χ1n) is 17.1. The first kappa shape index (κ1) is 38.6. The van der Waals surface area contributed by atoms with Crippen molar-refractivity contribution in [2.45, 2.75) is 34.1 Å². The number of nitrogens with one attached hydrogen (secondary N) is 2. The Morgan fingerprint density at radius 3 is 2.22 bits per heavy atom. The monoisotopic (exact) mass is 782 g/mol. The van der Waals surface area contributed by atoms with Gasteiger partial charge in [0.15, 0.2) is 0 Å². The van der Waals surface area contributed by atoms with Crippen LogP contribution in [0.1, 0.15) is 22.7 Å². The zero-order valence-electron chi connectivity index (χ0n) is 30.7. The van der Waals surface area contributed by atoms with Gasteiger partial charge in [0.05, 0.1) is 43.9 Å². The van der Waals surface area contributed by atoms with Crippen LogP contribution in [0.25, 0.3) is 0 Å². The molecule has 13 heteroatoms. The predicted octanol–water partition coefficient (Wildman–Crippen LogP) is 8.29. The maximum Gasteiger partial charge on any atom is 0.257 e. The van der Waals surface area contributed by atoms with E-state index >= 15 is 0 Å². The van der Waals surface area contributed by atoms with E-state index < -0.39 is 6.04 Å². The lowest BCUT2D eigenvalue weighted by atomic mass is 10.0. The molecule has 1 unspecified atom stereocenters. The highest BCUT2D eigenvalue weighted by Crippen LogP contribution is 2.43. The fraction of sp³-hybridized carbons (Fsp3) is 0.220. The molecule has 2 N–H and O–H groups in total. The standard InChI is InChI=1S/C41H42N4O6S3/c1-27-16-21-38(36(24-27)51-5)53-43-41(47)40(28-10-8-11-30(25-28)49-3)44-23-22-32-33(44)12-9-13-34(32)45(54-31-19-17-29(48-2)18-20-31)26-39(46)42-52-37-15-7-6-14-35(37)50-4/h6-21,24-25,40H,22-23,26H2,1-5H3,(H,42,46)(H,43,47). The molecule has 1 heterocycles. The highest BCUT2D eigenvalue weighted by Gasteiger charge is 2.35. The Kier molecular flexibility index (Phi) is 13.1. The Morgan fingerprint density at radius 2 is 1.46 bits per heavy atom. The average Bonchev–Trinajstić information content (AvgIpc) is 3.63. The molecule has 1 aliphatic rings. The number of benzene rings is 5. The molecule has 5 aromatic rings. The molecule has 2 amide bonds. The van der Waals surface area contributed by atoms with Crippen molar-refractivity contribution < 1.29 is 28.5 Å². The number of nitrogens with zero attached hydrogens (tertiary/aromatic N) is 2. The molecule has 0 fully saturated rings. The summed E-state index contributed by atoms with van der Waals surface area (Å²) in [7, 11) is 6.48. The van der Waals surface area contributed by atoms with E-state index in [-0.39, 0.29) is 18.4 Å². The van der Waals surface area contributed by atoms with Crippen LogP contribution in [0.3, 0.4) is 0 Å². The van der Waals surface area contributed by atoms with Gasteiger partial charge in [0.2, 0.25) is 0 Å². The molecule has 5 aromatic carbocycles. The second kappa shape index (κ2) is 18.3. The van der Waals surface area contributed by atoms with Crippen LogP contribution in [0.15, 0.2) is 124 Å². The first-order chi connectivity index (χ1) is 26.3. The number of methoxy groups -OCH3 is 4. The minimum absolute atomic E-state index is 0.0596. The minimum Gasteiger partial charge on any atom is -0.497 e. The van der Waals surface area contributed by atoms with Crippen molar-refractivity contribution in [3.05, 3.63) is 126 Å². The fourth-order valence-electron chi connectivity index (χ4n) is 6.16. The summed E-state index contributed by atoms with van der Waals surface area (Å²) < 4.78 is 30.1. The average molecular weight is 783 g/mol. The summed E-state index contributed by atoms with van der Waals surface area (Å²) in [6.07, 6.45) is 0.662. The largest absolute Gasteiger partial charge is 0.497 e. The molecule has 1 atom stereocenters. The molecule has 0 aliphatic carbocycles. The van der Waals surface area contributed by atoms with Gasteiger partial charge in [0.25, 0.3) is 11.8 Å². The number of hydrogen-bond donors (Lipinski definition) is 2. The van der Waals surface area contributed by atoms with Gasteiger partial charge < -0.3 is 28.2 Å². The van der Waals surface area contributed by atoms with Crippen molar-refractivity contribution in [3.63, 3.8) is 0 Å². The summed E-state index contributed by atoms with van der Waals surface area (Å²) in [5.74, 6) is 2.40. The number of hydrogen-bond acceptors (Lipinski definition) is 11. The number of carbonyl (C=O) groups is 2. The summed E-state index contributed by atoms with van der Waals surface area (Å²) in [5, 5.41) is 0. The van der Waals surface area contributed by atoms with Crippen LogP contribution < -0.4 is 37.6 Å². The number of aryl methyl sites for hydroxylation is 1. The number of para-hydroxylation sites is 1. The Labute approximate surface area is 329 Å². The van der Waals surface area contributed by atoms with Gasteiger partial charge in [-0.3, -0.25) is 19.0 Å². The molecular weight excluding hydrogens is 741 g/mol. The van der Waals surface area contributed by atoms with E-state index in [4.69, 9.17) is 18.9 Å². The summed E-state index contributed by atoms with van der Waals surface area (Å²) in [5.41, 5.74) is 4.69. The lowest BCUT2D eigenvalue weighted by molar-refractivity contribution is -0.120. The van der Waals surface area contributed by atoms with Gasteiger partial charge in [0, 0.05) is 22.7 Å². The molecule has 0 aromatic heterocycles. The van der Waals surface area contributed by atoms with Crippen LogP contribution in [0.2, 0.25) is 0 Å². The highest BCUT2D eigenvalue weighted by atomic mass is 32.2. The molecule has 0 spiro atoms. The number of amides is 2. The van der Waals surface area contributed by atoms with Gasteiger partial charge in [0.1, 0.15) is 35.6 Å². The molecular formula is C41H42N4O6S3. The number of anilines is 2.